The molecule has 1 atom stereocenters. The fourth-order valence-electron chi connectivity index (χ4n) is 3.46. The van der Waals surface area contributed by atoms with E-state index in [0.717, 1.165) is 25.7 Å². The summed E-state index contributed by atoms with van der Waals surface area (Å²) in [5.74, 6) is -0.154. The number of amides is 3. The number of likely N-dealkylation sites (tertiary alicyclic amines) is 1. The van der Waals surface area contributed by atoms with Gasteiger partial charge in [0.05, 0.1) is 6.54 Å². The van der Waals surface area contributed by atoms with Crippen LogP contribution < -0.4 is 5.32 Å². The Hall–Kier alpha value is -2.11. The van der Waals surface area contributed by atoms with E-state index in [1.54, 1.807) is 28.0 Å². The molecule has 0 aromatic heterocycles. The maximum atomic E-state index is 14.0. The number of carbonyl (C=O) groups excluding carboxylic acids is 2. The van der Waals surface area contributed by atoms with Crippen LogP contribution >= 0.6 is 0 Å². The summed E-state index contributed by atoms with van der Waals surface area (Å²) in [6, 6.07) is 6.61. The Morgan fingerprint density at radius 1 is 1.28 bits per heavy atom. The second kappa shape index (κ2) is 7.85. The van der Waals surface area contributed by atoms with Gasteiger partial charge >= 0.3 is 6.03 Å². The number of halogens is 1. The van der Waals surface area contributed by atoms with E-state index in [9.17, 15) is 14.0 Å². The van der Waals surface area contributed by atoms with Crippen LogP contribution in [-0.2, 0) is 11.3 Å². The number of urea groups is 1. The first kappa shape index (κ1) is 17.7. The van der Waals surface area contributed by atoms with Gasteiger partial charge in [-0.15, -0.1) is 0 Å². The largest absolute Gasteiger partial charge is 0.341 e. The van der Waals surface area contributed by atoms with Crippen molar-refractivity contribution in [2.45, 2.75) is 57.7 Å². The fourth-order valence-corrected chi connectivity index (χ4v) is 3.46. The fraction of sp³-hybridized carbons (Fsp3) is 0.579. The highest BCUT2D eigenvalue weighted by Crippen LogP contribution is 2.27. The number of benzene rings is 1. The summed E-state index contributed by atoms with van der Waals surface area (Å²) in [6.07, 6.45) is 4.30. The molecule has 6 heteroatoms. The minimum absolute atomic E-state index is 0.0220. The monoisotopic (exact) mass is 347 g/mol. The van der Waals surface area contributed by atoms with E-state index in [4.69, 9.17) is 0 Å². The van der Waals surface area contributed by atoms with Gasteiger partial charge in [-0.2, -0.15) is 0 Å². The average Bonchev–Trinajstić information content (AvgIpc) is 3.02. The van der Waals surface area contributed by atoms with Gasteiger partial charge in [-0.25, -0.2) is 9.18 Å². The Bertz CT molecular complexity index is 633. The second-order valence-electron chi connectivity index (χ2n) is 6.93. The number of hydrogen-bond donors (Lipinski definition) is 1. The predicted molar refractivity (Wildman–Crippen MR) is 93.4 cm³/mol. The molecular weight excluding hydrogens is 321 g/mol. The molecule has 1 saturated heterocycles. The predicted octanol–water partition coefficient (Wildman–Crippen LogP) is 2.90. The van der Waals surface area contributed by atoms with E-state index in [1.807, 2.05) is 6.92 Å². The van der Waals surface area contributed by atoms with Crippen LogP contribution in [0.25, 0.3) is 0 Å². The second-order valence-corrected chi connectivity index (χ2v) is 6.93. The summed E-state index contributed by atoms with van der Waals surface area (Å²) in [4.78, 5) is 28.1. The number of nitrogens with zero attached hydrogens (tertiary/aromatic N) is 2. The topological polar surface area (TPSA) is 52.7 Å². The molecule has 1 N–H and O–H groups in total. The summed E-state index contributed by atoms with van der Waals surface area (Å²) in [7, 11) is 0. The molecule has 0 bridgehead atoms. The Kier molecular flexibility index (Phi) is 5.56. The molecule has 1 unspecified atom stereocenters. The van der Waals surface area contributed by atoms with Crippen molar-refractivity contribution < 1.29 is 14.0 Å². The van der Waals surface area contributed by atoms with Crippen molar-refractivity contribution in [1.82, 2.24) is 15.1 Å². The third kappa shape index (κ3) is 4.11. The molecule has 1 heterocycles. The maximum absolute atomic E-state index is 14.0. The summed E-state index contributed by atoms with van der Waals surface area (Å²) in [5.41, 5.74) is 0.541. The minimum atomic E-state index is -0.278. The third-order valence-electron chi connectivity index (χ3n) is 5.25. The van der Waals surface area contributed by atoms with E-state index < -0.39 is 0 Å². The van der Waals surface area contributed by atoms with Gasteiger partial charge in [-0.05, 0) is 31.7 Å². The number of rotatable bonds is 5. The van der Waals surface area contributed by atoms with Gasteiger partial charge in [0.2, 0.25) is 5.91 Å². The van der Waals surface area contributed by atoms with E-state index in [1.165, 1.54) is 6.07 Å². The number of nitrogens with one attached hydrogen (secondary N) is 1. The summed E-state index contributed by atoms with van der Waals surface area (Å²) in [6.45, 7) is 3.39. The summed E-state index contributed by atoms with van der Waals surface area (Å²) < 4.78 is 14.0. The molecule has 1 saturated carbocycles. The Morgan fingerprint density at radius 3 is 2.68 bits per heavy atom. The van der Waals surface area contributed by atoms with Crippen LogP contribution in [-0.4, -0.2) is 46.9 Å². The van der Waals surface area contributed by atoms with E-state index >= 15 is 0 Å². The first-order chi connectivity index (χ1) is 12.1. The summed E-state index contributed by atoms with van der Waals surface area (Å²) in [5, 5.41) is 3.05. The highest BCUT2D eigenvalue weighted by Gasteiger charge is 2.32. The van der Waals surface area contributed by atoms with Crippen LogP contribution in [0.3, 0.4) is 0 Å². The molecule has 3 rings (SSSR count). The zero-order valence-corrected chi connectivity index (χ0v) is 14.7. The number of carbonyl (C=O) groups is 2. The maximum Gasteiger partial charge on any atom is 0.318 e. The first-order valence-corrected chi connectivity index (χ1v) is 9.16. The standard InChI is InChI=1S/C19H26FN3O2/c1-2-18(24)22-11-10-15(13-22)21-19(25)23(16-7-5-8-16)12-14-6-3-4-9-17(14)20/h3-4,6,9,15-16H,2,5,7-8,10-13H2,1H3,(H,21,25). The van der Waals surface area contributed by atoms with Gasteiger partial charge in [0.1, 0.15) is 5.82 Å². The third-order valence-corrected chi connectivity index (χ3v) is 5.25. The molecule has 1 aliphatic carbocycles. The zero-order valence-electron chi connectivity index (χ0n) is 14.7. The highest BCUT2D eigenvalue weighted by atomic mass is 19.1. The smallest absolute Gasteiger partial charge is 0.318 e. The lowest BCUT2D eigenvalue weighted by molar-refractivity contribution is -0.129. The van der Waals surface area contributed by atoms with Gasteiger partial charge in [0.25, 0.3) is 0 Å². The Morgan fingerprint density at radius 2 is 2.04 bits per heavy atom. The van der Waals surface area contributed by atoms with Crippen LogP contribution in [0.15, 0.2) is 24.3 Å². The van der Waals surface area contributed by atoms with E-state index in [0.29, 0.717) is 25.1 Å². The molecule has 25 heavy (non-hydrogen) atoms. The lowest BCUT2D eigenvalue weighted by Crippen LogP contribution is -2.51. The molecule has 0 radical (unpaired) electrons. The lowest BCUT2D eigenvalue weighted by Gasteiger charge is -2.38. The molecule has 1 aliphatic heterocycles. The molecule has 3 amide bonds. The molecule has 5 nitrogen and oxygen atoms in total. The van der Waals surface area contributed by atoms with Crippen LogP contribution in [0.1, 0.15) is 44.6 Å². The first-order valence-electron chi connectivity index (χ1n) is 9.16. The molecule has 1 aromatic carbocycles. The highest BCUT2D eigenvalue weighted by molar-refractivity contribution is 5.77. The van der Waals surface area contributed by atoms with Gasteiger partial charge in [-0.1, -0.05) is 25.1 Å². The molecular formula is C19H26FN3O2. The zero-order chi connectivity index (χ0) is 17.8. The molecule has 1 aromatic rings. The van der Waals surface area contributed by atoms with E-state index in [-0.39, 0.29) is 36.4 Å². The van der Waals surface area contributed by atoms with Crippen molar-refractivity contribution in [3.8, 4) is 0 Å². The van der Waals surface area contributed by atoms with Crippen molar-refractivity contribution in [3.63, 3.8) is 0 Å². The van der Waals surface area contributed by atoms with Gasteiger partial charge in [-0.3, -0.25) is 4.79 Å². The van der Waals surface area contributed by atoms with E-state index in [2.05, 4.69) is 5.32 Å². The SMILES string of the molecule is CCC(=O)N1CCC(NC(=O)N(Cc2ccccc2F)C2CCC2)C1. The van der Waals surface area contributed by atoms with Crippen molar-refractivity contribution >= 4 is 11.9 Å². The van der Waals surface area contributed by atoms with Crippen molar-refractivity contribution in [2.75, 3.05) is 13.1 Å². The van der Waals surface area contributed by atoms with Crippen molar-refractivity contribution in [2.24, 2.45) is 0 Å². The molecule has 0 spiro atoms. The van der Waals surface area contributed by atoms with Crippen LogP contribution in [0.5, 0.6) is 0 Å². The van der Waals surface area contributed by atoms with Crippen molar-refractivity contribution in [1.29, 1.82) is 0 Å². The summed E-state index contributed by atoms with van der Waals surface area (Å²) >= 11 is 0. The van der Waals surface area contributed by atoms with Gasteiger partial charge < -0.3 is 15.1 Å². The van der Waals surface area contributed by atoms with Crippen LogP contribution in [0, 0.1) is 5.82 Å². The quantitative estimate of drug-likeness (QED) is 0.890. The lowest BCUT2D eigenvalue weighted by atomic mass is 9.91. The van der Waals surface area contributed by atoms with Crippen LogP contribution in [0.2, 0.25) is 0 Å². The number of hydrogen-bond acceptors (Lipinski definition) is 2. The minimum Gasteiger partial charge on any atom is -0.341 e. The Balaban J connectivity index is 1.62. The average molecular weight is 347 g/mol. The van der Waals surface area contributed by atoms with Crippen LogP contribution in [0.4, 0.5) is 9.18 Å². The van der Waals surface area contributed by atoms with Gasteiger partial charge in [0, 0.05) is 37.2 Å². The normalized spacial score (nSPS) is 20.2. The Labute approximate surface area is 148 Å². The molecule has 2 fully saturated rings. The van der Waals surface area contributed by atoms with Crippen molar-refractivity contribution in [3.05, 3.63) is 35.6 Å². The molecule has 2 aliphatic rings. The van der Waals surface area contributed by atoms with Gasteiger partial charge in [0.15, 0.2) is 0 Å². The molecule has 136 valence electrons.